The molecule has 4 heterocycles. The van der Waals surface area contributed by atoms with Gasteiger partial charge in [0, 0.05) is 45.2 Å². The number of benzene rings is 1. The summed E-state index contributed by atoms with van der Waals surface area (Å²) < 4.78 is 1.16. The molecule has 0 bridgehead atoms. The molecule has 2 saturated heterocycles. The maximum atomic E-state index is 13.0. The molecule has 0 atom stereocenters. The first-order valence-electron chi connectivity index (χ1n) is 10.8. The molecular formula is C23H26N4O2S2. The van der Waals surface area contributed by atoms with E-state index >= 15 is 0 Å². The van der Waals surface area contributed by atoms with Crippen LogP contribution < -0.4 is 0 Å². The zero-order valence-corrected chi connectivity index (χ0v) is 19.3. The number of carbonyl (C=O) groups excluding carboxylic acids is 2. The van der Waals surface area contributed by atoms with Crippen LogP contribution in [0.2, 0.25) is 0 Å². The fourth-order valence-electron chi connectivity index (χ4n) is 4.32. The second-order valence-electron chi connectivity index (χ2n) is 8.35. The normalized spacial score (nSPS) is 18.6. The van der Waals surface area contributed by atoms with E-state index in [9.17, 15) is 9.59 Å². The fraction of sp³-hybridized carbons (Fsp3) is 0.435. The third-order valence-corrected chi connectivity index (χ3v) is 8.55. The molecule has 0 aliphatic carbocycles. The summed E-state index contributed by atoms with van der Waals surface area (Å²) in [5, 5.41) is 0.960. The number of hydrogen-bond acceptors (Lipinski definition) is 6. The van der Waals surface area contributed by atoms with Gasteiger partial charge in [-0.2, -0.15) is 0 Å². The highest BCUT2D eigenvalue weighted by Crippen LogP contribution is 2.35. The maximum absolute atomic E-state index is 13.0. The summed E-state index contributed by atoms with van der Waals surface area (Å²) in [6, 6.07) is 12.0. The van der Waals surface area contributed by atoms with Gasteiger partial charge in [-0.15, -0.1) is 22.7 Å². The van der Waals surface area contributed by atoms with Gasteiger partial charge in [-0.3, -0.25) is 9.59 Å². The number of piperidine rings is 1. The maximum Gasteiger partial charge on any atom is 0.263 e. The lowest BCUT2D eigenvalue weighted by Gasteiger charge is -2.37. The third kappa shape index (κ3) is 4.24. The molecule has 31 heavy (non-hydrogen) atoms. The molecule has 162 valence electrons. The van der Waals surface area contributed by atoms with Crippen LogP contribution in [-0.2, 0) is 4.79 Å². The predicted octanol–water partition coefficient (Wildman–Crippen LogP) is 3.65. The van der Waals surface area contributed by atoms with Crippen LogP contribution in [0.4, 0.5) is 0 Å². The molecule has 0 N–H and O–H groups in total. The van der Waals surface area contributed by atoms with E-state index in [2.05, 4.69) is 18.0 Å². The average Bonchev–Trinajstić information content (AvgIpc) is 3.46. The van der Waals surface area contributed by atoms with Gasteiger partial charge in [0.15, 0.2) is 0 Å². The van der Waals surface area contributed by atoms with Gasteiger partial charge in [0.1, 0.15) is 5.01 Å². The fourth-order valence-corrected chi connectivity index (χ4v) is 6.31. The first-order valence-corrected chi connectivity index (χ1v) is 12.4. The second-order valence-corrected chi connectivity index (χ2v) is 10.5. The van der Waals surface area contributed by atoms with Crippen molar-refractivity contribution in [1.82, 2.24) is 19.7 Å². The Kier molecular flexibility index (Phi) is 5.77. The number of carbonyl (C=O) groups is 2. The van der Waals surface area contributed by atoms with Crippen LogP contribution >= 0.6 is 22.7 Å². The summed E-state index contributed by atoms with van der Waals surface area (Å²) in [6.45, 7) is 4.82. The highest BCUT2D eigenvalue weighted by molar-refractivity contribution is 7.26. The SMILES string of the molecule is CN1CCN(C(=O)C2CCN(C(=O)c3ccc(-c4nc5ccccc5s4)s3)CC2)CC1. The van der Waals surface area contributed by atoms with E-state index in [1.165, 1.54) is 11.3 Å². The summed E-state index contributed by atoms with van der Waals surface area (Å²) in [4.78, 5) is 38.5. The van der Waals surface area contributed by atoms with E-state index in [0.29, 0.717) is 13.1 Å². The minimum Gasteiger partial charge on any atom is -0.340 e. The van der Waals surface area contributed by atoms with E-state index in [4.69, 9.17) is 4.98 Å². The van der Waals surface area contributed by atoms with Crippen LogP contribution in [0.5, 0.6) is 0 Å². The number of piperazine rings is 1. The molecule has 6 nitrogen and oxygen atoms in total. The number of likely N-dealkylation sites (N-methyl/N-ethyl adjacent to an activating group) is 1. The molecule has 0 saturated carbocycles. The Morgan fingerprint density at radius 2 is 1.65 bits per heavy atom. The Morgan fingerprint density at radius 1 is 0.903 bits per heavy atom. The Morgan fingerprint density at radius 3 is 2.39 bits per heavy atom. The Balaban J connectivity index is 1.20. The van der Waals surface area contributed by atoms with Crippen LogP contribution in [0.15, 0.2) is 36.4 Å². The van der Waals surface area contributed by atoms with Crippen LogP contribution in [-0.4, -0.2) is 77.8 Å². The van der Waals surface area contributed by atoms with Crippen molar-refractivity contribution >= 4 is 44.7 Å². The van der Waals surface area contributed by atoms with Crippen molar-refractivity contribution < 1.29 is 9.59 Å². The number of rotatable bonds is 3. The van der Waals surface area contributed by atoms with Crippen LogP contribution in [0, 0.1) is 5.92 Å². The molecular weight excluding hydrogens is 428 g/mol. The van der Waals surface area contributed by atoms with Crippen LogP contribution in [0.25, 0.3) is 20.1 Å². The van der Waals surface area contributed by atoms with Crippen molar-refractivity contribution in [3.05, 3.63) is 41.3 Å². The molecule has 5 rings (SSSR count). The first-order chi connectivity index (χ1) is 15.1. The Bertz CT molecular complexity index is 1060. The number of nitrogens with zero attached hydrogens (tertiary/aromatic N) is 4. The number of fused-ring (bicyclic) bond motifs is 1. The van der Waals surface area contributed by atoms with Crippen molar-refractivity contribution in [2.24, 2.45) is 5.92 Å². The molecule has 1 aromatic carbocycles. The van der Waals surface area contributed by atoms with Crippen molar-refractivity contribution in [2.75, 3.05) is 46.3 Å². The number of aromatic nitrogens is 1. The monoisotopic (exact) mass is 454 g/mol. The second kappa shape index (κ2) is 8.68. The lowest BCUT2D eigenvalue weighted by atomic mass is 9.95. The zero-order valence-electron chi connectivity index (χ0n) is 17.6. The molecule has 0 spiro atoms. The lowest BCUT2D eigenvalue weighted by Crippen LogP contribution is -2.50. The van der Waals surface area contributed by atoms with E-state index in [-0.39, 0.29) is 17.7 Å². The number of thiazole rings is 1. The Hall–Kier alpha value is -2.29. The number of hydrogen-bond donors (Lipinski definition) is 0. The van der Waals surface area contributed by atoms with Gasteiger partial charge in [0.2, 0.25) is 5.91 Å². The van der Waals surface area contributed by atoms with Crippen LogP contribution in [0.1, 0.15) is 22.5 Å². The predicted molar refractivity (Wildman–Crippen MR) is 126 cm³/mol. The Labute approximate surface area is 190 Å². The highest BCUT2D eigenvalue weighted by atomic mass is 32.1. The van der Waals surface area contributed by atoms with E-state index in [1.807, 2.05) is 40.1 Å². The lowest BCUT2D eigenvalue weighted by molar-refractivity contribution is -0.138. The molecule has 2 aliphatic rings. The van der Waals surface area contributed by atoms with Gasteiger partial charge in [0.25, 0.3) is 5.91 Å². The minimum absolute atomic E-state index is 0.0501. The minimum atomic E-state index is 0.0501. The topological polar surface area (TPSA) is 56.8 Å². The number of thiophene rings is 1. The molecule has 2 aliphatic heterocycles. The largest absolute Gasteiger partial charge is 0.340 e. The quantitative estimate of drug-likeness (QED) is 0.606. The van der Waals surface area contributed by atoms with Gasteiger partial charge in [-0.1, -0.05) is 12.1 Å². The molecule has 2 amide bonds. The van der Waals surface area contributed by atoms with Crippen molar-refractivity contribution in [2.45, 2.75) is 12.8 Å². The molecule has 0 radical (unpaired) electrons. The standard InChI is InChI=1S/C23H26N4O2S2/c1-25-12-14-27(15-13-25)22(28)16-8-10-26(11-9-16)23(29)20-7-6-19(30-20)21-24-17-4-2-3-5-18(17)31-21/h2-7,16H,8-15H2,1H3. The smallest absolute Gasteiger partial charge is 0.263 e. The molecule has 2 aromatic heterocycles. The molecule has 2 fully saturated rings. The van der Waals surface area contributed by atoms with Crippen molar-refractivity contribution in [3.8, 4) is 9.88 Å². The molecule has 3 aromatic rings. The van der Waals surface area contributed by atoms with Gasteiger partial charge < -0.3 is 14.7 Å². The van der Waals surface area contributed by atoms with Gasteiger partial charge in [0.05, 0.1) is 20.0 Å². The summed E-state index contributed by atoms with van der Waals surface area (Å²) in [5.74, 6) is 0.395. The van der Waals surface area contributed by atoms with Crippen molar-refractivity contribution in [1.29, 1.82) is 0 Å². The first kappa shape index (κ1) is 20.6. The summed E-state index contributed by atoms with van der Waals surface area (Å²) in [7, 11) is 2.10. The molecule has 0 unspecified atom stereocenters. The summed E-state index contributed by atoms with van der Waals surface area (Å²) in [6.07, 6.45) is 1.51. The van der Waals surface area contributed by atoms with Gasteiger partial charge >= 0.3 is 0 Å². The van der Waals surface area contributed by atoms with E-state index in [1.54, 1.807) is 11.3 Å². The number of para-hydroxylation sites is 1. The summed E-state index contributed by atoms with van der Waals surface area (Å²) in [5.41, 5.74) is 0.996. The number of likely N-dealkylation sites (tertiary alicyclic amines) is 1. The zero-order chi connectivity index (χ0) is 21.4. The summed E-state index contributed by atoms with van der Waals surface area (Å²) >= 11 is 3.17. The van der Waals surface area contributed by atoms with E-state index in [0.717, 1.165) is 64.0 Å². The third-order valence-electron chi connectivity index (χ3n) is 6.27. The highest BCUT2D eigenvalue weighted by Gasteiger charge is 2.32. The molecule has 8 heteroatoms. The van der Waals surface area contributed by atoms with Crippen molar-refractivity contribution in [3.63, 3.8) is 0 Å². The van der Waals surface area contributed by atoms with Gasteiger partial charge in [-0.05, 0) is 44.2 Å². The van der Waals surface area contributed by atoms with Gasteiger partial charge in [-0.25, -0.2) is 4.98 Å². The van der Waals surface area contributed by atoms with Crippen LogP contribution in [0.3, 0.4) is 0 Å². The average molecular weight is 455 g/mol. The van der Waals surface area contributed by atoms with E-state index < -0.39 is 0 Å². The number of amides is 2.